The normalized spacial score (nSPS) is 20.8. The van der Waals surface area contributed by atoms with Gasteiger partial charge in [0.1, 0.15) is 6.07 Å². The zero-order chi connectivity index (χ0) is 14.4. The van der Waals surface area contributed by atoms with Gasteiger partial charge in [0.25, 0.3) is 0 Å². The molecule has 0 saturated carbocycles. The molecular weight excluding hydrogens is 270 g/mol. The van der Waals surface area contributed by atoms with Crippen LogP contribution in [0.4, 0.5) is 5.69 Å². The highest BCUT2D eigenvalue weighted by Crippen LogP contribution is 2.22. The Bertz CT molecular complexity index is 473. The largest absolute Gasteiger partial charge is 0.381 e. The van der Waals surface area contributed by atoms with Crippen molar-refractivity contribution in [1.82, 2.24) is 5.32 Å². The van der Waals surface area contributed by atoms with Crippen LogP contribution >= 0.6 is 11.6 Å². The fraction of sp³-hybridized carbons (Fsp3) is 0.562. The Labute approximate surface area is 126 Å². The second kappa shape index (κ2) is 7.52. The number of hydrogen-bond donors (Lipinski definition) is 2. The van der Waals surface area contributed by atoms with Gasteiger partial charge in [-0.25, -0.2) is 0 Å². The smallest absolute Gasteiger partial charge is 0.101 e. The van der Waals surface area contributed by atoms with E-state index in [0.29, 0.717) is 22.7 Å². The van der Waals surface area contributed by atoms with Crippen molar-refractivity contribution in [2.24, 2.45) is 0 Å². The fourth-order valence-corrected chi connectivity index (χ4v) is 2.96. The van der Waals surface area contributed by atoms with E-state index in [2.05, 4.69) is 23.6 Å². The minimum Gasteiger partial charge on any atom is -0.381 e. The molecule has 0 aliphatic carbocycles. The standard InChI is InChI=1S/C16H22ClN3/c1-12(9-15-5-3-2-4-8-19-15)20-16-10-14(17)7-6-13(16)11-18/h6-7,10,12,15,19-20H,2-5,8-9H2,1H3. The van der Waals surface area contributed by atoms with Crippen molar-refractivity contribution in [2.75, 3.05) is 11.9 Å². The Morgan fingerprint density at radius 2 is 2.30 bits per heavy atom. The average Bonchev–Trinajstić information content (AvgIpc) is 2.67. The molecule has 0 amide bonds. The first-order chi connectivity index (χ1) is 9.69. The van der Waals surface area contributed by atoms with Gasteiger partial charge >= 0.3 is 0 Å². The number of nitrogens with zero attached hydrogens (tertiary/aromatic N) is 1. The molecule has 0 aromatic heterocycles. The van der Waals surface area contributed by atoms with Crippen LogP contribution in [0.3, 0.4) is 0 Å². The van der Waals surface area contributed by atoms with E-state index < -0.39 is 0 Å². The van der Waals surface area contributed by atoms with Crippen molar-refractivity contribution in [1.29, 1.82) is 5.26 Å². The molecule has 1 aromatic rings. The van der Waals surface area contributed by atoms with Gasteiger partial charge in [0.05, 0.1) is 11.3 Å². The number of rotatable bonds is 4. The van der Waals surface area contributed by atoms with E-state index in [1.807, 2.05) is 6.07 Å². The molecule has 1 fully saturated rings. The van der Waals surface area contributed by atoms with Crippen molar-refractivity contribution in [3.8, 4) is 6.07 Å². The summed E-state index contributed by atoms with van der Waals surface area (Å²) in [5, 5.41) is 16.8. The Morgan fingerprint density at radius 3 is 3.10 bits per heavy atom. The number of benzene rings is 1. The van der Waals surface area contributed by atoms with Crippen molar-refractivity contribution in [3.05, 3.63) is 28.8 Å². The first-order valence-electron chi connectivity index (χ1n) is 7.38. The van der Waals surface area contributed by atoms with Crippen LogP contribution < -0.4 is 10.6 Å². The molecule has 2 unspecified atom stereocenters. The van der Waals surface area contributed by atoms with Crippen molar-refractivity contribution in [3.63, 3.8) is 0 Å². The molecule has 4 heteroatoms. The summed E-state index contributed by atoms with van der Waals surface area (Å²) in [6.07, 6.45) is 6.23. The van der Waals surface area contributed by atoms with Gasteiger partial charge in [0, 0.05) is 17.1 Å². The predicted octanol–water partition coefficient (Wildman–Crippen LogP) is 3.93. The van der Waals surface area contributed by atoms with Gasteiger partial charge in [-0.15, -0.1) is 0 Å². The lowest BCUT2D eigenvalue weighted by atomic mass is 10.0. The van der Waals surface area contributed by atoms with E-state index >= 15 is 0 Å². The predicted molar refractivity (Wildman–Crippen MR) is 84.1 cm³/mol. The molecule has 0 bridgehead atoms. The molecule has 1 saturated heterocycles. The van der Waals surface area contributed by atoms with E-state index in [1.165, 1.54) is 25.7 Å². The van der Waals surface area contributed by atoms with E-state index in [1.54, 1.807) is 12.1 Å². The summed E-state index contributed by atoms with van der Waals surface area (Å²) in [5.74, 6) is 0. The molecule has 108 valence electrons. The van der Waals surface area contributed by atoms with Crippen LogP contribution in [0.15, 0.2) is 18.2 Å². The van der Waals surface area contributed by atoms with E-state index in [4.69, 9.17) is 16.9 Å². The Morgan fingerprint density at radius 1 is 1.45 bits per heavy atom. The number of nitrogens with one attached hydrogen (secondary N) is 2. The molecular formula is C16H22ClN3. The van der Waals surface area contributed by atoms with Gasteiger partial charge in [-0.3, -0.25) is 0 Å². The van der Waals surface area contributed by atoms with Gasteiger partial charge in [0.15, 0.2) is 0 Å². The summed E-state index contributed by atoms with van der Waals surface area (Å²) in [5.41, 5.74) is 1.48. The number of anilines is 1. The van der Waals surface area contributed by atoms with Gasteiger partial charge in [0.2, 0.25) is 0 Å². The van der Waals surface area contributed by atoms with Gasteiger partial charge in [-0.1, -0.05) is 24.4 Å². The third-order valence-electron chi connectivity index (χ3n) is 3.80. The molecule has 1 aliphatic heterocycles. The van der Waals surface area contributed by atoms with Crippen LogP contribution in [-0.4, -0.2) is 18.6 Å². The third-order valence-corrected chi connectivity index (χ3v) is 4.04. The summed E-state index contributed by atoms with van der Waals surface area (Å²) < 4.78 is 0. The zero-order valence-electron chi connectivity index (χ0n) is 12.0. The molecule has 1 aliphatic rings. The van der Waals surface area contributed by atoms with Gasteiger partial charge in [-0.2, -0.15) is 5.26 Å². The number of nitriles is 1. The maximum absolute atomic E-state index is 9.14. The molecule has 0 radical (unpaired) electrons. The highest BCUT2D eigenvalue weighted by Gasteiger charge is 2.15. The Hall–Kier alpha value is -1.24. The highest BCUT2D eigenvalue weighted by atomic mass is 35.5. The minimum atomic E-state index is 0.316. The summed E-state index contributed by atoms with van der Waals surface area (Å²) in [6, 6.07) is 8.44. The molecule has 3 nitrogen and oxygen atoms in total. The van der Waals surface area contributed by atoms with Crippen LogP contribution in [-0.2, 0) is 0 Å². The minimum absolute atomic E-state index is 0.316. The molecule has 2 atom stereocenters. The molecule has 0 spiro atoms. The molecule has 2 N–H and O–H groups in total. The molecule has 2 rings (SSSR count). The Kier molecular flexibility index (Phi) is 5.70. The highest BCUT2D eigenvalue weighted by molar-refractivity contribution is 6.30. The molecule has 20 heavy (non-hydrogen) atoms. The SMILES string of the molecule is CC(CC1CCCCCN1)Nc1cc(Cl)ccc1C#N. The molecule has 1 aromatic carbocycles. The van der Waals surface area contributed by atoms with E-state index in [0.717, 1.165) is 18.7 Å². The lowest BCUT2D eigenvalue weighted by Gasteiger charge is -2.22. The van der Waals surface area contributed by atoms with Crippen LogP contribution in [0.5, 0.6) is 0 Å². The first-order valence-corrected chi connectivity index (χ1v) is 7.76. The van der Waals surface area contributed by atoms with Gasteiger partial charge < -0.3 is 10.6 Å². The van der Waals surface area contributed by atoms with E-state index in [-0.39, 0.29) is 0 Å². The zero-order valence-corrected chi connectivity index (χ0v) is 12.7. The van der Waals surface area contributed by atoms with Crippen molar-refractivity contribution >= 4 is 17.3 Å². The first kappa shape index (κ1) is 15.2. The third kappa shape index (κ3) is 4.40. The average molecular weight is 292 g/mol. The van der Waals surface area contributed by atoms with Crippen LogP contribution in [0, 0.1) is 11.3 Å². The lowest BCUT2D eigenvalue weighted by molar-refractivity contribution is 0.456. The quantitative estimate of drug-likeness (QED) is 0.883. The van der Waals surface area contributed by atoms with Crippen LogP contribution in [0.1, 0.15) is 44.6 Å². The summed E-state index contributed by atoms with van der Waals surface area (Å²) >= 11 is 6.01. The van der Waals surface area contributed by atoms with Gasteiger partial charge in [-0.05, 0) is 50.9 Å². The van der Waals surface area contributed by atoms with Crippen LogP contribution in [0.2, 0.25) is 5.02 Å². The van der Waals surface area contributed by atoms with E-state index in [9.17, 15) is 0 Å². The monoisotopic (exact) mass is 291 g/mol. The van der Waals surface area contributed by atoms with Crippen molar-refractivity contribution < 1.29 is 0 Å². The number of halogens is 1. The fourth-order valence-electron chi connectivity index (χ4n) is 2.79. The summed E-state index contributed by atoms with van der Waals surface area (Å²) in [7, 11) is 0. The second-order valence-electron chi connectivity index (χ2n) is 5.58. The summed E-state index contributed by atoms with van der Waals surface area (Å²) in [6.45, 7) is 3.28. The maximum atomic E-state index is 9.14. The molecule has 1 heterocycles. The lowest BCUT2D eigenvalue weighted by Crippen LogP contribution is -2.33. The second-order valence-corrected chi connectivity index (χ2v) is 6.02. The van der Waals surface area contributed by atoms with Crippen LogP contribution in [0.25, 0.3) is 0 Å². The van der Waals surface area contributed by atoms with Crippen molar-refractivity contribution in [2.45, 2.75) is 51.1 Å². The topological polar surface area (TPSA) is 47.8 Å². The number of hydrogen-bond acceptors (Lipinski definition) is 3. The Balaban J connectivity index is 1.95. The summed E-state index contributed by atoms with van der Waals surface area (Å²) in [4.78, 5) is 0. The maximum Gasteiger partial charge on any atom is 0.101 e.